The second-order valence-electron chi connectivity index (χ2n) is 6.26. The standard InChI is InChI=1S/C15H21NO2S.C3H4O4/c1-16-6-7-18-14-9-11-10(8-12(14)16)13(17-2)4-5-15(11)19-3;4-2(5)1-3(6)7/h4-5,12,14H,6-9H2,1-3H3;1H2,(H,4,5)(H,6,7)/t12-,14-;/m1./s1. The fourth-order valence-corrected chi connectivity index (χ4v) is 4.07. The van der Waals surface area contributed by atoms with Gasteiger partial charge < -0.3 is 19.7 Å². The van der Waals surface area contributed by atoms with Crippen LogP contribution in [-0.2, 0) is 27.2 Å². The quantitative estimate of drug-likeness (QED) is 0.600. The molecule has 1 fully saturated rings. The molecular formula is C18H25NO6S. The number of hydrogen-bond acceptors (Lipinski definition) is 6. The average Bonchev–Trinajstić information content (AvgIpc) is 2.59. The van der Waals surface area contributed by atoms with Crippen molar-refractivity contribution in [1.29, 1.82) is 0 Å². The van der Waals surface area contributed by atoms with Crippen LogP contribution in [0, 0.1) is 0 Å². The highest BCUT2D eigenvalue weighted by Gasteiger charge is 2.36. The summed E-state index contributed by atoms with van der Waals surface area (Å²) in [4.78, 5) is 22.7. The van der Waals surface area contributed by atoms with Crippen LogP contribution in [0.4, 0.5) is 0 Å². The van der Waals surface area contributed by atoms with Gasteiger partial charge in [0, 0.05) is 29.5 Å². The van der Waals surface area contributed by atoms with Gasteiger partial charge in [0.1, 0.15) is 12.2 Å². The van der Waals surface area contributed by atoms with Gasteiger partial charge in [0.25, 0.3) is 0 Å². The number of carboxylic acid groups (broad SMARTS) is 2. The van der Waals surface area contributed by atoms with Crippen LogP contribution in [-0.4, -0.2) is 72.8 Å². The van der Waals surface area contributed by atoms with Crippen LogP contribution in [0.3, 0.4) is 0 Å². The van der Waals surface area contributed by atoms with Crippen molar-refractivity contribution in [3.8, 4) is 5.75 Å². The van der Waals surface area contributed by atoms with Crippen LogP contribution in [0.1, 0.15) is 17.5 Å². The second-order valence-corrected chi connectivity index (χ2v) is 7.10. The predicted octanol–water partition coefficient (Wildman–Crippen LogP) is 1.76. The molecule has 0 unspecified atom stereocenters. The predicted molar refractivity (Wildman–Crippen MR) is 98.2 cm³/mol. The molecule has 1 aromatic carbocycles. The van der Waals surface area contributed by atoms with E-state index in [1.807, 2.05) is 11.8 Å². The normalized spacial score (nSPS) is 21.7. The van der Waals surface area contributed by atoms with Crippen LogP contribution < -0.4 is 4.74 Å². The van der Waals surface area contributed by atoms with Gasteiger partial charge in [0.05, 0.1) is 19.8 Å². The lowest BCUT2D eigenvalue weighted by molar-refractivity contribution is -0.147. The minimum absolute atomic E-state index is 0.337. The lowest BCUT2D eigenvalue weighted by atomic mass is 9.84. The number of nitrogens with zero attached hydrogens (tertiary/aromatic N) is 1. The first kappa shape index (κ1) is 20.5. The van der Waals surface area contributed by atoms with E-state index in [4.69, 9.17) is 19.7 Å². The third-order valence-corrected chi connectivity index (χ3v) is 5.50. The summed E-state index contributed by atoms with van der Waals surface area (Å²) in [6.45, 7) is 1.88. The first-order valence-electron chi connectivity index (χ1n) is 8.35. The summed E-state index contributed by atoms with van der Waals surface area (Å²) in [5, 5.41) is 15.4. The molecule has 0 amide bonds. The number of thioether (sulfide) groups is 1. The minimum Gasteiger partial charge on any atom is -0.496 e. The van der Waals surface area contributed by atoms with Gasteiger partial charge in [-0.2, -0.15) is 0 Å². The lowest BCUT2D eigenvalue weighted by Gasteiger charge is -2.43. The third-order valence-electron chi connectivity index (χ3n) is 4.68. The molecule has 3 rings (SSSR count). The van der Waals surface area contributed by atoms with Gasteiger partial charge in [-0.15, -0.1) is 11.8 Å². The molecule has 0 spiro atoms. The van der Waals surface area contributed by atoms with Crippen LogP contribution >= 0.6 is 11.8 Å². The van der Waals surface area contributed by atoms with Crippen molar-refractivity contribution >= 4 is 23.7 Å². The fraction of sp³-hybridized carbons (Fsp3) is 0.556. The molecule has 0 bridgehead atoms. The molecule has 7 nitrogen and oxygen atoms in total. The molecule has 0 radical (unpaired) electrons. The number of aliphatic carboxylic acids is 2. The Morgan fingerprint density at radius 1 is 1.27 bits per heavy atom. The number of benzene rings is 1. The van der Waals surface area contributed by atoms with Gasteiger partial charge in [0.15, 0.2) is 0 Å². The summed E-state index contributed by atoms with van der Waals surface area (Å²) in [6.07, 6.45) is 3.72. The zero-order chi connectivity index (χ0) is 19.3. The molecule has 0 saturated carbocycles. The van der Waals surface area contributed by atoms with Crippen LogP contribution in [0.15, 0.2) is 17.0 Å². The van der Waals surface area contributed by atoms with Gasteiger partial charge in [-0.25, -0.2) is 0 Å². The van der Waals surface area contributed by atoms with E-state index in [0.717, 1.165) is 31.7 Å². The van der Waals surface area contributed by atoms with E-state index >= 15 is 0 Å². The number of methoxy groups -OCH3 is 1. The topological polar surface area (TPSA) is 96.3 Å². The fourth-order valence-electron chi connectivity index (χ4n) is 3.41. The minimum atomic E-state index is -1.31. The molecule has 1 heterocycles. The molecule has 26 heavy (non-hydrogen) atoms. The molecule has 0 aromatic heterocycles. The van der Waals surface area contributed by atoms with Crippen molar-refractivity contribution in [3.05, 3.63) is 23.3 Å². The number of carbonyl (C=O) groups is 2. The summed E-state index contributed by atoms with van der Waals surface area (Å²) in [6, 6.07) is 4.77. The van der Waals surface area contributed by atoms with Gasteiger partial charge in [-0.3, -0.25) is 14.5 Å². The second kappa shape index (κ2) is 9.25. The van der Waals surface area contributed by atoms with E-state index in [-0.39, 0.29) is 0 Å². The molecule has 1 aliphatic carbocycles. The van der Waals surface area contributed by atoms with E-state index in [1.54, 1.807) is 7.11 Å². The lowest BCUT2D eigenvalue weighted by Crippen LogP contribution is -2.53. The Kier molecular flexibility index (Phi) is 7.31. The largest absolute Gasteiger partial charge is 0.496 e. The first-order valence-corrected chi connectivity index (χ1v) is 9.58. The van der Waals surface area contributed by atoms with E-state index in [2.05, 4.69) is 30.3 Å². The van der Waals surface area contributed by atoms with Crippen molar-refractivity contribution in [2.75, 3.05) is 33.6 Å². The maximum Gasteiger partial charge on any atom is 0.314 e. The molecular weight excluding hydrogens is 358 g/mol. The summed E-state index contributed by atoms with van der Waals surface area (Å²) in [5.41, 5.74) is 2.82. The Morgan fingerprint density at radius 3 is 2.50 bits per heavy atom. The van der Waals surface area contributed by atoms with Gasteiger partial charge in [-0.05, 0) is 37.4 Å². The average molecular weight is 383 g/mol. The Hall–Kier alpha value is -1.77. The number of ether oxygens (including phenoxy) is 2. The number of rotatable bonds is 4. The molecule has 2 atom stereocenters. The summed E-state index contributed by atoms with van der Waals surface area (Å²) in [5.74, 6) is -1.59. The summed E-state index contributed by atoms with van der Waals surface area (Å²) >= 11 is 1.82. The van der Waals surface area contributed by atoms with Crippen molar-refractivity contribution in [1.82, 2.24) is 4.90 Å². The highest BCUT2D eigenvalue weighted by atomic mass is 32.2. The highest BCUT2D eigenvalue weighted by molar-refractivity contribution is 7.98. The molecule has 8 heteroatoms. The number of fused-ring (bicyclic) bond motifs is 2. The van der Waals surface area contributed by atoms with Crippen molar-refractivity contribution in [2.45, 2.75) is 36.3 Å². The highest BCUT2D eigenvalue weighted by Crippen LogP contribution is 2.38. The van der Waals surface area contributed by atoms with Crippen molar-refractivity contribution in [3.63, 3.8) is 0 Å². The Morgan fingerprint density at radius 2 is 1.96 bits per heavy atom. The van der Waals surface area contributed by atoms with Crippen molar-refractivity contribution in [2.24, 2.45) is 0 Å². The molecule has 2 N–H and O–H groups in total. The zero-order valence-corrected chi connectivity index (χ0v) is 16.0. The SMILES string of the molecule is COc1ccc(SC)c2c1C[C@@H]1[C@@H](C2)OCCN1C.O=C(O)CC(=O)O. The van der Waals surface area contributed by atoms with E-state index in [1.165, 1.54) is 16.0 Å². The summed E-state index contributed by atoms with van der Waals surface area (Å²) in [7, 11) is 3.97. The molecule has 1 saturated heterocycles. The molecule has 2 aliphatic rings. The van der Waals surface area contributed by atoms with Crippen LogP contribution in [0.2, 0.25) is 0 Å². The Balaban J connectivity index is 0.000000298. The molecule has 1 aromatic rings. The number of morpholine rings is 1. The monoisotopic (exact) mass is 383 g/mol. The maximum absolute atomic E-state index is 9.43. The molecule has 144 valence electrons. The van der Waals surface area contributed by atoms with Crippen LogP contribution in [0.25, 0.3) is 0 Å². The maximum atomic E-state index is 9.43. The Labute approximate surface area is 157 Å². The number of likely N-dealkylation sites (N-methyl/N-ethyl adjacent to an activating group) is 1. The zero-order valence-electron chi connectivity index (χ0n) is 15.2. The van der Waals surface area contributed by atoms with Crippen LogP contribution in [0.5, 0.6) is 5.75 Å². The smallest absolute Gasteiger partial charge is 0.314 e. The van der Waals surface area contributed by atoms with Gasteiger partial charge in [-0.1, -0.05) is 0 Å². The van der Waals surface area contributed by atoms with E-state index in [0.29, 0.717) is 12.1 Å². The van der Waals surface area contributed by atoms with E-state index < -0.39 is 18.4 Å². The number of hydrogen-bond donors (Lipinski definition) is 2. The summed E-state index contributed by atoms with van der Waals surface area (Å²) < 4.78 is 11.5. The third kappa shape index (κ3) is 4.90. The first-order chi connectivity index (χ1) is 12.4. The Bertz CT molecular complexity index is 653. The van der Waals surface area contributed by atoms with E-state index in [9.17, 15) is 9.59 Å². The van der Waals surface area contributed by atoms with Gasteiger partial charge >= 0.3 is 11.9 Å². The van der Waals surface area contributed by atoms with Gasteiger partial charge in [0.2, 0.25) is 0 Å². The van der Waals surface area contributed by atoms with Crippen molar-refractivity contribution < 1.29 is 29.3 Å². The molecule has 1 aliphatic heterocycles. The number of carboxylic acids is 2.